The van der Waals surface area contributed by atoms with Crippen molar-refractivity contribution in [2.75, 3.05) is 7.05 Å². The molecule has 1 heterocycles. The Morgan fingerprint density at radius 3 is 2.56 bits per heavy atom. The van der Waals surface area contributed by atoms with Gasteiger partial charge in [0.25, 0.3) is 0 Å². The third-order valence-corrected chi connectivity index (χ3v) is 3.10. The highest BCUT2D eigenvalue weighted by molar-refractivity contribution is 5.42. The topological polar surface area (TPSA) is 55.6 Å². The summed E-state index contributed by atoms with van der Waals surface area (Å²) < 4.78 is 1.82. The number of nitrogens with one attached hydrogen (secondary N) is 1. The molecule has 0 radical (unpaired) electrons. The van der Waals surface area contributed by atoms with Crippen LogP contribution in [-0.4, -0.2) is 27.3 Å². The number of nitrogens with zero attached hydrogens (tertiary/aromatic N) is 4. The van der Waals surface area contributed by atoms with Gasteiger partial charge in [-0.15, -0.1) is 5.10 Å². The first-order valence-corrected chi connectivity index (χ1v) is 6.20. The van der Waals surface area contributed by atoms with Crippen LogP contribution in [0.25, 0.3) is 5.69 Å². The first-order chi connectivity index (χ1) is 8.65. The second-order valence-corrected chi connectivity index (χ2v) is 4.67. The Kier molecular flexibility index (Phi) is 3.72. The Labute approximate surface area is 107 Å². The zero-order valence-electron chi connectivity index (χ0n) is 11.3. The molecule has 0 amide bonds. The van der Waals surface area contributed by atoms with Crippen molar-refractivity contribution >= 4 is 0 Å². The molecular formula is C13H19N5. The molecule has 1 aromatic heterocycles. The van der Waals surface area contributed by atoms with Crippen molar-refractivity contribution in [3.63, 3.8) is 0 Å². The molecular weight excluding hydrogens is 226 g/mol. The molecule has 18 heavy (non-hydrogen) atoms. The smallest absolute Gasteiger partial charge is 0.173 e. The van der Waals surface area contributed by atoms with Gasteiger partial charge in [-0.1, -0.05) is 32.0 Å². The Bertz CT molecular complexity index is 518. The van der Waals surface area contributed by atoms with Gasteiger partial charge in [-0.3, -0.25) is 0 Å². The summed E-state index contributed by atoms with van der Waals surface area (Å²) in [6.07, 6.45) is 0. The number of para-hydroxylation sites is 1. The second kappa shape index (κ2) is 5.27. The summed E-state index contributed by atoms with van der Waals surface area (Å²) in [7, 11) is 1.90. The standard InChI is InChI=1S/C13H19N5/c1-9(2)11-7-5-6-8-12(11)18-13(10(3)14-4)15-16-17-18/h5-10,14H,1-4H3. The molecule has 0 aliphatic heterocycles. The fourth-order valence-electron chi connectivity index (χ4n) is 1.93. The van der Waals surface area contributed by atoms with Crippen molar-refractivity contribution in [3.05, 3.63) is 35.7 Å². The van der Waals surface area contributed by atoms with Crippen LogP contribution in [0, 0.1) is 0 Å². The Balaban J connectivity index is 2.52. The van der Waals surface area contributed by atoms with Crippen molar-refractivity contribution in [2.24, 2.45) is 0 Å². The summed E-state index contributed by atoms with van der Waals surface area (Å²) >= 11 is 0. The molecule has 5 heteroatoms. The zero-order valence-corrected chi connectivity index (χ0v) is 11.3. The molecule has 0 fully saturated rings. The minimum Gasteiger partial charge on any atom is -0.311 e. The molecule has 0 aliphatic rings. The zero-order chi connectivity index (χ0) is 13.1. The van der Waals surface area contributed by atoms with Crippen molar-refractivity contribution in [2.45, 2.75) is 32.7 Å². The largest absolute Gasteiger partial charge is 0.311 e. The van der Waals surface area contributed by atoms with Gasteiger partial charge in [0.1, 0.15) is 0 Å². The van der Waals surface area contributed by atoms with Crippen LogP contribution < -0.4 is 5.32 Å². The molecule has 0 aliphatic carbocycles. The van der Waals surface area contributed by atoms with Gasteiger partial charge in [-0.05, 0) is 41.9 Å². The number of rotatable bonds is 4. The predicted octanol–water partition coefficient (Wildman–Crippen LogP) is 2.07. The molecule has 2 aromatic rings. The molecule has 1 N–H and O–H groups in total. The van der Waals surface area contributed by atoms with Gasteiger partial charge in [0, 0.05) is 0 Å². The van der Waals surface area contributed by atoms with Crippen molar-refractivity contribution in [1.29, 1.82) is 0 Å². The normalized spacial score (nSPS) is 12.9. The highest BCUT2D eigenvalue weighted by atomic mass is 15.5. The lowest BCUT2D eigenvalue weighted by atomic mass is 10.0. The van der Waals surface area contributed by atoms with Gasteiger partial charge in [0.2, 0.25) is 0 Å². The maximum absolute atomic E-state index is 4.11. The second-order valence-electron chi connectivity index (χ2n) is 4.67. The molecule has 1 unspecified atom stereocenters. The summed E-state index contributed by atoms with van der Waals surface area (Å²) in [5.74, 6) is 1.26. The third kappa shape index (κ3) is 2.26. The van der Waals surface area contributed by atoms with E-state index in [4.69, 9.17) is 0 Å². The van der Waals surface area contributed by atoms with E-state index in [0.29, 0.717) is 5.92 Å². The van der Waals surface area contributed by atoms with Crippen LogP contribution in [0.2, 0.25) is 0 Å². The fourth-order valence-corrected chi connectivity index (χ4v) is 1.93. The molecule has 0 spiro atoms. The summed E-state index contributed by atoms with van der Waals surface area (Å²) in [6.45, 7) is 6.38. The minimum absolute atomic E-state index is 0.111. The quantitative estimate of drug-likeness (QED) is 0.896. The van der Waals surface area contributed by atoms with Gasteiger partial charge >= 0.3 is 0 Å². The first-order valence-electron chi connectivity index (χ1n) is 6.20. The van der Waals surface area contributed by atoms with E-state index < -0.39 is 0 Å². The average molecular weight is 245 g/mol. The van der Waals surface area contributed by atoms with Crippen LogP contribution in [-0.2, 0) is 0 Å². The third-order valence-electron chi connectivity index (χ3n) is 3.10. The van der Waals surface area contributed by atoms with Gasteiger partial charge in [0.15, 0.2) is 5.82 Å². The lowest BCUT2D eigenvalue weighted by molar-refractivity contribution is 0.586. The summed E-state index contributed by atoms with van der Waals surface area (Å²) in [4.78, 5) is 0. The van der Waals surface area contributed by atoms with Gasteiger partial charge in [-0.25, -0.2) is 0 Å². The van der Waals surface area contributed by atoms with Crippen LogP contribution in [0.5, 0.6) is 0 Å². The van der Waals surface area contributed by atoms with E-state index in [9.17, 15) is 0 Å². The van der Waals surface area contributed by atoms with E-state index in [1.165, 1.54) is 5.56 Å². The van der Waals surface area contributed by atoms with E-state index >= 15 is 0 Å². The Morgan fingerprint density at radius 1 is 1.17 bits per heavy atom. The number of aromatic nitrogens is 4. The molecule has 1 aromatic carbocycles. The van der Waals surface area contributed by atoms with Crippen LogP contribution in [0.1, 0.15) is 44.1 Å². The van der Waals surface area contributed by atoms with E-state index in [1.807, 2.05) is 30.8 Å². The molecule has 2 rings (SSSR count). The Hall–Kier alpha value is -1.75. The lowest BCUT2D eigenvalue weighted by Crippen LogP contribution is -2.18. The van der Waals surface area contributed by atoms with Gasteiger partial charge in [0.05, 0.1) is 11.7 Å². The van der Waals surface area contributed by atoms with Crippen LogP contribution in [0.3, 0.4) is 0 Å². The number of benzene rings is 1. The fraction of sp³-hybridized carbons (Fsp3) is 0.462. The summed E-state index contributed by atoms with van der Waals surface area (Å²) in [5, 5.41) is 15.2. The first kappa shape index (κ1) is 12.7. The lowest BCUT2D eigenvalue weighted by Gasteiger charge is -2.15. The maximum Gasteiger partial charge on any atom is 0.173 e. The summed E-state index contributed by atoms with van der Waals surface area (Å²) in [6, 6.07) is 8.34. The van der Waals surface area contributed by atoms with E-state index in [0.717, 1.165) is 11.5 Å². The number of hydrogen-bond acceptors (Lipinski definition) is 4. The van der Waals surface area contributed by atoms with Crippen molar-refractivity contribution in [3.8, 4) is 5.69 Å². The molecule has 5 nitrogen and oxygen atoms in total. The predicted molar refractivity (Wildman–Crippen MR) is 70.7 cm³/mol. The van der Waals surface area contributed by atoms with Crippen LogP contribution in [0.4, 0.5) is 0 Å². The molecule has 96 valence electrons. The van der Waals surface area contributed by atoms with E-state index in [1.54, 1.807) is 0 Å². The molecule has 0 saturated heterocycles. The molecule has 0 saturated carbocycles. The Morgan fingerprint density at radius 2 is 1.89 bits per heavy atom. The van der Waals surface area contributed by atoms with Crippen LogP contribution in [0.15, 0.2) is 24.3 Å². The average Bonchev–Trinajstić information content (AvgIpc) is 2.86. The summed E-state index contributed by atoms with van der Waals surface area (Å²) in [5.41, 5.74) is 2.30. The van der Waals surface area contributed by atoms with Gasteiger partial charge < -0.3 is 5.32 Å². The monoisotopic (exact) mass is 245 g/mol. The highest BCUT2D eigenvalue weighted by Crippen LogP contribution is 2.23. The van der Waals surface area contributed by atoms with Crippen molar-refractivity contribution < 1.29 is 0 Å². The SMILES string of the molecule is CNC(C)c1nnnn1-c1ccccc1C(C)C. The van der Waals surface area contributed by atoms with Gasteiger partial charge in [-0.2, -0.15) is 4.68 Å². The van der Waals surface area contributed by atoms with Crippen LogP contribution >= 0.6 is 0 Å². The minimum atomic E-state index is 0.111. The van der Waals surface area contributed by atoms with E-state index in [-0.39, 0.29) is 6.04 Å². The maximum atomic E-state index is 4.11. The molecule has 0 bridgehead atoms. The number of tetrazole rings is 1. The van der Waals surface area contributed by atoms with Crippen molar-refractivity contribution in [1.82, 2.24) is 25.5 Å². The number of hydrogen-bond donors (Lipinski definition) is 1. The van der Waals surface area contributed by atoms with E-state index in [2.05, 4.69) is 46.8 Å². The highest BCUT2D eigenvalue weighted by Gasteiger charge is 2.17. The molecule has 1 atom stereocenters.